The Balaban J connectivity index is 1.68. The molecule has 0 radical (unpaired) electrons. The standard InChI is InChI=1S/C18H21N3O/c1-22-18-5-3-2-4-17(18)14-10-16(12-19-11-14)21-9-8-20-7-6-15(21)13-20/h2-5,10-12,15H,6-9,13H2,1H3. The molecule has 22 heavy (non-hydrogen) atoms. The Morgan fingerprint density at radius 2 is 2.05 bits per heavy atom. The van der Waals surface area contributed by atoms with Crippen molar-refractivity contribution in [3.63, 3.8) is 0 Å². The first kappa shape index (κ1) is 13.6. The molecular weight excluding hydrogens is 274 g/mol. The summed E-state index contributed by atoms with van der Waals surface area (Å²) >= 11 is 0. The van der Waals surface area contributed by atoms with E-state index in [0.717, 1.165) is 30.0 Å². The van der Waals surface area contributed by atoms with E-state index in [1.165, 1.54) is 25.2 Å². The van der Waals surface area contributed by atoms with Crippen molar-refractivity contribution in [3.05, 3.63) is 42.7 Å². The molecule has 2 fully saturated rings. The van der Waals surface area contributed by atoms with Crippen LogP contribution in [0.25, 0.3) is 11.1 Å². The van der Waals surface area contributed by atoms with Gasteiger partial charge in [-0.05, 0) is 18.6 Å². The van der Waals surface area contributed by atoms with Crippen LogP contribution in [-0.2, 0) is 0 Å². The highest BCUT2D eigenvalue weighted by Crippen LogP contribution is 2.33. The van der Waals surface area contributed by atoms with Crippen molar-refractivity contribution >= 4 is 5.69 Å². The van der Waals surface area contributed by atoms with Crippen LogP contribution in [0.5, 0.6) is 5.75 Å². The monoisotopic (exact) mass is 295 g/mol. The Morgan fingerprint density at radius 3 is 2.95 bits per heavy atom. The summed E-state index contributed by atoms with van der Waals surface area (Å²) in [5.41, 5.74) is 3.45. The van der Waals surface area contributed by atoms with E-state index in [0.29, 0.717) is 6.04 Å². The third-order valence-electron chi connectivity index (χ3n) is 4.82. The van der Waals surface area contributed by atoms with Gasteiger partial charge < -0.3 is 9.64 Å². The van der Waals surface area contributed by atoms with Crippen LogP contribution in [0.4, 0.5) is 5.69 Å². The van der Waals surface area contributed by atoms with Crippen LogP contribution in [-0.4, -0.2) is 49.2 Å². The molecule has 3 heterocycles. The molecule has 0 spiro atoms. The second-order valence-electron chi connectivity index (χ2n) is 6.07. The largest absolute Gasteiger partial charge is 0.496 e. The van der Waals surface area contributed by atoms with Crippen molar-refractivity contribution in [1.82, 2.24) is 9.88 Å². The number of para-hydroxylation sites is 1. The number of anilines is 1. The second kappa shape index (κ2) is 5.61. The zero-order chi connectivity index (χ0) is 14.9. The first-order valence-electron chi connectivity index (χ1n) is 7.92. The third-order valence-corrected chi connectivity index (χ3v) is 4.82. The van der Waals surface area contributed by atoms with Gasteiger partial charge in [0.25, 0.3) is 0 Å². The smallest absolute Gasteiger partial charge is 0.126 e. The number of methoxy groups -OCH3 is 1. The summed E-state index contributed by atoms with van der Waals surface area (Å²) in [6.45, 7) is 4.69. The molecule has 2 atom stereocenters. The van der Waals surface area contributed by atoms with E-state index in [-0.39, 0.29) is 0 Å². The molecule has 2 saturated heterocycles. The number of benzene rings is 1. The molecule has 0 saturated carbocycles. The van der Waals surface area contributed by atoms with Crippen molar-refractivity contribution in [2.45, 2.75) is 12.5 Å². The van der Waals surface area contributed by atoms with Crippen molar-refractivity contribution in [2.24, 2.45) is 0 Å². The topological polar surface area (TPSA) is 28.6 Å². The average Bonchev–Trinajstić information content (AvgIpc) is 2.96. The maximum absolute atomic E-state index is 5.49. The van der Waals surface area contributed by atoms with Crippen LogP contribution in [0.2, 0.25) is 0 Å². The summed E-state index contributed by atoms with van der Waals surface area (Å²) in [7, 11) is 1.72. The lowest BCUT2D eigenvalue weighted by Gasteiger charge is -2.36. The number of aromatic nitrogens is 1. The van der Waals surface area contributed by atoms with E-state index < -0.39 is 0 Å². The van der Waals surface area contributed by atoms with Gasteiger partial charge in [0.2, 0.25) is 0 Å². The average molecular weight is 295 g/mol. The van der Waals surface area contributed by atoms with Crippen LogP contribution < -0.4 is 9.64 Å². The van der Waals surface area contributed by atoms with Crippen LogP contribution in [0.3, 0.4) is 0 Å². The molecule has 4 heteroatoms. The first-order valence-corrected chi connectivity index (χ1v) is 7.92. The van der Waals surface area contributed by atoms with Gasteiger partial charge in [-0.1, -0.05) is 18.2 Å². The molecule has 1 aromatic carbocycles. The number of hydrogen-bond acceptors (Lipinski definition) is 4. The van der Waals surface area contributed by atoms with E-state index in [1.54, 1.807) is 7.11 Å². The van der Waals surface area contributed by atoms with Gasteiger partial charge in [0.1, 0.15) is 5.75 Å². The number of piperazine rings is 1. The van der Waals surface area contributed by atoms with Gasteiger partial charge in [0, 0.05) is 49.5 Å². The fourth-order valence-electron chi connectivity index (χ4n) is 3.66. The number of fused-ring (bicyclic) bond motifs is 2. The summed E-state index contributed by atoms with van der Waals surface area (Å²) < 4.78 is 5.49. The van der Waals surface area contributed by atoms with Gasteiger partial charge in [-0.15, -0.1) is 0 Å². The number of pyridine rings is 1. The Morgan fingerprint density at radius 1 is 1.14 bits per heavy atom. The molecular formula is C18H21N3O. The molecule has 4 nitrogen and oxygen atoms in total. The lowest BCUT2D eigenvalue weighted by Crippen LogP contribution is -2.46. The van der Waals surface area contributed by atoms with E-state index in [2.05, 4.69) is 26.9 Å². The van der Waals surface area contributed by atoms with Crippen LogP contribution in [0, 0.1) is 0 Å². The summed E-state index contributed by atoms with van der Waals surface area (Å²) in [4.78, 5) is 9.56. The molecule has 2 bridgehead atoms. The highest BCUT2D eigenvalue weighted by molar-refractivity contribution is 5.72. The highest BCUT2D eigenvalue weighted by atomic mass is 16.5. The van der Waals surface area contributed by atoms with Crippen molar-refractivity contribution in [3.8, 4) is 16.9 Å². The number of rotatable bonds is 3. The van der Waals surface area contributed by atoms with Crippen LogP contribution in [0.1, 0.15) is 6.42 Å². The number of hydrogen-bond donors (Lipinski definition) is 0. The minimum absolute atomic E-state index is 0.642. The predicted octanol–water partition coefficient (Wildman–Crippen LogP) is 2.65. The molecule has 2 unspecified atom stereocenters. The SMILES string of the molecule is COc1ccccc1-c1cncc(N2CCN3CCC2C3)c1. The zero-order valence-electron chi connectivity index (χ0n) is 12.9. The summed E-state index contributed by atoms with van der Waals surface area (Å²) in [6.07, 6.45) is 5.18. The second-order valence-corrected chi connectivity index (χ2v) is 6.07. The maximum Gasteiger partial charge on any atom is 0.126 e. The highest BCUT2D eigenvalue weighted by Gasteiger charge is 2.32. The van der Waals surface area contributed by atoms with Crippen LogP contribution >= 0.6 is 0 Å². The zero-order valence-corrected chi connectivity index (χ0v) is 12.9. The summed E-state index contributed by atoms with van der Waals surface area (Å²) in [5, 5.41) is 0. The number of nitrogens with zero attached hydrogens (tertiary/aromatic N) is 3. The molecule has 1 aromatic heterocycles. The van der Waals surface area contributed by atoms with Gasteiger partial charge >= 0.3 is 0 Å². The van der Waals surface area contributed by atoms with Crippen molar-refractivity contribution in [1.29, 1.82) is 0 Å². The molecule has 0 aliphatic carbocycles. The van der Waals surface area contributed by atoms with Gasteiger partial charge in [-0.25, -0.2) is 0 Å². The molecule has 0 amide bonds. The van der Waals surface area contributed by atoms with Gasteiger partial charge in [0.05, 0.1) is 19.0 Å². The molecule has 2 aliphatic rings. The number of ether oxygens (including phenoxy) is 1. The lowest BCUT2D eigenvalue weighted by molar-refractivity contribution is 0.310. The summed E-state index contributed by atoms with van der Waals surface area (Å²) in [6, 6.07) is 11.0. The quantitative estimate of drug-likeness (QED) is 0.870. The van der Waals surface area contributed by atoms with Crippen molar-refractivity contribution < 1.29 is 4.74 Å². The van der Waals surface area contributed by atoms with Crippen molar-refractivity contribution in [2.75, 3.05) is 38.2 Å². The predicted molar refractivity (Wildman–Crippen MR) is 88.4 cm³/mol. The molecule has 2 aromatic rings. The Bertz CT molecular complexity index is 673. The van der Waals surface area contributed by atoms with E-state index >= 15 is 0 Å². The molecule has 4 rings (SSSR count). The third kappa shape index (κ3) is 2.33. The van der Waals surface area contributed by atoms with Gasteiger partial charge in [0.15, 0.2) is 0 Å². The molecule has 0 N–H and O–H groups in total. The van der Waals surface area contributed by atoms with E-state index in [9.17, 15) is 0 Å². The fraction of sp³-hybridized carbons (Fsp3) is 0.389. The van der Waals surface area contributed by atoms with E-state index in [4.69, 9.17) is 4.74 Å². The summed E-state index contributed by atoms with van der Waals surface area (Å²) in [5.74, 6) is 0.895. The lowest BCUT2D eigenvalue weighted by atomic mass is 10.1. The minimum Gasteiger partial charge on any atom is -0.496 e. The van der Waals surface area contributed by atoms with Gasteiger partial charge in [-0.2, -0.15) is 0 Å². The minimum atomic E-state index is 0.642. The van der Waals surface area contributed by atoms with Crippen LogP contribution in [0.15, 0.2) is 42.7 Å². The first-order chi connectivity index (χ1) is 10.8. The Labute approximate surface area is 131 Å². The Kier molecular flexibility index (Phi) is 3.47. The Hall–Kier alpha value is -2.07. The van der Waals surface area contributed by atoms with E-state index in [1.807, 2.05) is 30.6 Å². The maximum atomic E-state index is 5.49. The fourth-order valence-corrected chi connectivity index (χ4v) is 3.66. The normalized spacial score (nSPS) is 23.6. The molecule has 114 valence electrons. The molecule has 2 aliphatic heterocycles. The van der Waals surface area contributed by atoms with Gasteiger partial charge in [-0.3, -0.25) is 9.88 Å².